The summed E-state index contributed by atoms with van der Waals surface area (Å²) in [6.07, 6.45) is 1.23. The Hall–Kier alpha value is -2.73. The summed E-state index contributed by atoms with van der Waals surface area (Å²) in [7, 11) is 5.92. The Bertz CT molecular complexity index is 951. The Morgan fingerprint density at radius 3 is 2.63 bits per heavy atom. The van der Waals surface area contributed by atoms with Crippen LogP contribution in [0.4, 0.5) is 0 Å². The largest absolute Gasteiger partial charge is 0.508 e. The minimum atomic E-state index is -0.0604. The molecule has 1 atom stereocenters. The molecule has 0 saturated carbocycles. The lowest BCUT2D eigenvalue weighted by Crippen LogP contribution is -2.48. The van der Waals surface area contributed by atoms with E-state index >= 15 is 0 Å². The van der Waals surface area contributed by atoms with E-state index < -0.39 is 0 Å². The van der Waals surface area contributed by atoms with Crippen LogP contribution in [0.1, 0.15) is 53.4 Å². The molecule has 2 aromatic rings. The molecule has 1 unspecified atom stereocenters. The number of methoxy groups -OCH3 is 1. The van der Waals surface area contributed by atoms with E-state index in [1.54, 1.807) is 32.2 Å². The van der Waals surface area contributed by atoms with E-state index in [-0.39, 0.29) is 24.4 Å². The minimum absolute atomic E-state index is 0.0480. The third kappa shape index (κ3) is 3.84. The van der Waals surface area contributed by atoms with Gasteiger partial charge >= 0.3 is 0 Å². The van der Waals surface area contributed by atoms with Gasteiger partial charge in [0.25, 0.3) is 0 Å². The number of nitrogens with zero attached hydrogens (tertiary/aromatic N) is 1. The standard InChI is InChI=1S/C22H25NO5.C2H6/c1-13-9-14(5-6-17(13)24)18(25)11-16-20-15(7-8-23(16,2)3)10-19-21(22(20)26-4)28-12-27-19;1-2/h5-6,9-10,16H,7-8,11-12H2,1-4H3;1-2H3/p+1. The number of likely N-dealkylation sites (N-methyl/N-ethyl adjacent to an activating group) is 1. The van der Waals surface area contributed by atoms with E-state index in [1.165, 1.54) is 0 Å². The number of quaternary nitrogens is 1. The van der Waals surface area contributed by atoms with E-state index in [2.05, 4.69) is 14.1 Å². The predicted molar refractivity (Wildman–Crippen MR) is 116 cm³/mol. The summed E-state index contributed by atoms with van der Waals surface area (Å²) >= 11 is 0. The number of Topliss-reactive ketones (excluding diaryl/α,β-unsaturated/α-hetero) is 1. The van der Waals surface area contributed by atoms with Gasteiger partial charge in [-0.05, 0) is 42.3 Å². The molecule has 0 amide bonds. The van der Waals surface area contributed by atoms with Gasteiger partial charge in [-0.15, -0.1) is 0 Å². The number of ketones is 1. The zero-order chi connectivity index (χ0) is 22.1. The molecule has 0 saturated heterocycles. The summed E-state index contributed by atoms with van der Waals surface area (Å²) in [5.41, 5.74) is 3.50. The van der Waals surface area contributed by atoms with Gasteiger partial charge in [0.15, 0.2) is 17.3 Å². The number of rotatable bonds is 4. The van der Waals surface area contributed by atoms with Crippen molar-refractivity contribution in [2.24, 2.45) is 0 Å². The maximum absolute atomic E-state index is 13.1. The van der Waals surface area contributed by atoms with Crippen molar-refractivity contribution >= 4 is 5.78 Å². The fraction of sp³-hybridized carbons (Fsp3) is 0.458. The number of phenolic OH excluding ortho intramolecular Hbond substituents is 1. The Morgan fingerprint density at radius 2 is 1.97 bits per heavy atom. The van der Waals surface area contributed by atoms with Crippen molar-refractivity contribution in [2.75, 3.05) is 34.5 Å². The maximum Gasteiger partial charge on any atom is 0.231 e. The number of hydrogen-bond acceptors (Lipinski definition) is 5. The Kier molecular flexibility index (Phi) is 6.27. The number of hydrogen-bond donors (Lipinski definition) is 1. The smallest absolute Gasteiger partial charge is 0.231 e. The first kappa shape index (κ1) is 22.0. The molecule has 2 aromatic carbocycles. The summed E-state index contributed by atoms with van der Waals surface area (Å²) in [5, 5.41) is 9.76. The van der Waals surface area contributed by atoms with Gasteiger partial charge < -0.3 is 23.8 Å². The van der Waals surface area contributed by atoms with E-state index in [0.717, 1.165) is 24.1 Å². The quantitative estimate of drug-likeness (QED) is 0.593. The first-order valence-electron chi connectivity index (χ1n) is 10.5. The van der Waals surface area contributed by atoms with Crippen LogP contribution in [0.15, 0.2) is 24.3 Å². The third-order valence-corrected chi connectivity index (χ3v) is 5.98. The summed E-state index contributed by atoms with van der Waals surface area (Å²) in [6, 6.07) is 6.98. The molecule has 0 radical (unpaired) electrons. The van der Waals surface area contributed by atoms with Crippen molar-refractivity contribution in [3.63, 3.8) is 0 Å². The molecule has 1 N–H and O–H groups in total. The van der Waals surface area contributed by atoms with Gasteiger partial charge in [0, 0.05) is 12.0 Å². The molecule has 2 aliphatic rings. The lowest BCUT2D eigenvalue weighted by atomic mass is 9.85. The first-order valence-corrected chi connectivity index (χ1v) is 10.5. The van der Waals surface area contributed by atoms with Gasteiger partial charge in [0.05, 0.1) is 39.7 Å². The van der Waals surface area contributed by atoms with E-state index in [9.17, 15) is 9.90 Å². The molecule has 0 fully saturated rings. The minimum Gasteiger partial charge on any atom is -0.508 e. The van der Waals surface area contributed by atoms with Crippen molar-refractivity contribution < 1.29 is 28.6 Å². The molecule has 0 bridgehead atoms. The molecule has 6 heteroatoms. The fourth-order valence-corrected chi connectivity index (χ4v) is 4.24. The Morgan fingerprint density at radius 1 is 1.23 bits per heavy atom. The number of ether oxygens (including phenoxy) is 3. The molecule has 30 heavy (non-hydrogen) atoms. The number of carbonyl (C=O) groups excluding carboxylic acids is 1. The SMILES string of the molecule is CC.COc1c2c(cc3c1C(CC(=O)c1ccc(O)c(C)c1)[N+](C)(C)CC3)OCO2. The molecule has 2 aliphatic heterocycles. The van der Waals surface area contributed by atoms with E-state index in [0.29, 0.717) is 39.3 Å². The summed E-state index contributed by atoms with van der Waals surface area (Å²) in [6.45, 7) is 6.90. The monoisotopic (exact) mass is 414 g/mol. The van der Waals surface area contributed by atoms with Crippen molar-refractivity contribution in [1.82, 2.24) is 0 Å². The molecule has 4 rings (SSSR count). The highest BCUT2D eigenvalue weighted by Gasteiger charge is 2.42. The topological polar surface area (TPSA) is 65.0 Å². The van der Waals surface area contributed by atoms with Gasteiger partial charge in [-0.1, -0.05) is 13.8 Å². The number of aromatic hydroxyl groups is 1. The highest BCUT2D eigenvalue weighted by molar-refractivity contribution is 5.97. The van der Waals surface area contributed by atoms with Gasteiger partial charge in [-0.3, -0.25) is 4.79 Å². The highest BCUT2D eigenvalue weighted by Crippen LogP contribution is 2.51. The lowest BCUT2D eigenvalue weighted by molar-refractivity contribution is -0.922. The third-order valence-electron chi connectivity index (χ3n) is 5.98. The zero-order valence-corrected chi connectivity index (χ0v) is 18.7. The fourth-order valence-electron chi connectivity index (χ4n) is 4.24. The van der Waals surface area contributed by atoms with Crippen molar-refractivity contribution in [3.05, 3.63) is 46.5 Å². The second kappa shape index (κ2) is 8.56. The van der Waals surface area contributed by atoms with Crippen LogP contribution in [-0.2, 0) is 6.42 Å². The second-order valence-electron chi connectivity index (χ2n) is 8.11. The zero-order valence-electron chi connectivity index (χ0n) is 18.7. The molecule has 0 spiro atoms. The number of aryl methyl sites for hydroxylation is 1. The van der Waals surface area contributed by atoms with Crippen LogP contribution >= 0.6 is 0 Å². The number of benzene rings is 2. The Labute approximate surface area is 178 Å². The molecule has 2 heterocycles. The van der Waals surface area contributed by atoms with Crippen LogP contribution < -0.4 is 14.2 Å². The van der Waals surface area contributed by atoms with Crippen LogP contribution in [-0.4, -0.2) is 49.9 Å². The van der Waals surface area contributed by atoms with Gasteiger partial charge in [-0.2, -0.15) is 0 Å². The predicted octanol–water partition coefficient (Wildman–Crippen LogP) is 4.41. The van der Waals surface area contributed by atoms with Crippen molar-refractivity contribution in [1.29, 1.82) is 0 Å². The highest BCUT2D eigenvalue weighted by atomic mass is 16.7. The van der Waals surface area contributed by atoms with Gasteiger partial charge in [0.2, 0.25) is 12.5 Å². The van der Waals surface area contributed by atoms with Gasteiger partial charge in [-0.25, -0.2) is 0 Å². The number of phenols is 1. The molecule has 162 valence electrons. The average Bonchev–Trinajstić information content (AvgIpc) is 3.20. The van der Waals surface area contributed by atoms with Crippen LogP contribution in [0.3, 0.4) is 0 Å². The second-order valence-corrected chi connectivity index (χ2v) is 8.11. The van der Waals surface area contributed by atoms with E-state index in [1.807, 2.05) is 19.9 Å². The first-order chi connectivity index (χ1) is 14.3. The molecule has 0 aliphatic carbocycles. The summed E-state index contributed by atoms with van der Waals surface area (Å²) in [5.74, 6) is 2.26. The molecular formula is C24H32NO5+. The lowest BCUT2D eigenvalue weighted by Gasteiger charge is -2.43. The van der Waals surface area contributed by atoms with Gasteiger partial charge in [0.1, 0.15) is 11.8 Å². The normalized spacial score (nSPS) is 18.1. The van der Waals surface area contributed by atoms with Crippen LogP contribution in [0.25, 0.3) is 0 Å². The average molecular weight is 415 g/mol. The molecular weight excluding hydrogens is 382 g/mol. The van der Waals surface area contributed by atoms with E-state index in [4.69, 9.17) is 14.2 Å². The van der Waals surface area contributed by atoms with Crippen LogP contribution in [0.5, 0.6) is 23.0 Å². The van der Waals surface area contributed by atoms with Crippen molar-refractivity contribution in [2.45, 2.75) is 39.7 Å². The molecule has 0 aromatic heterocycles. The summed E-state index contributed by atoms with van der Waals surface area (Å²) < 4.78 is 17.7. The maximum atomic E-state index is 13.1. The van der Waals surface area contributed by atoms with Crippen LogP contribution in [0, 0.1) is 6.92 Å². The number of carbonyl (C=O) groups is 1. The molecule has 6 nitrogen and oxygen atoms in total. The van der Waals surface area contributed by atoms with Crippen LogP contribution in [0.2, 0.25) is 0 Å². The van der Waals surface area contributed by atoms with Crippen molar-refractivity contribution in [3.8, 4) is 23.0 Å². The summed E-state index contributed by atoms with van der Waals surface area (Å²) in [4.78, 5) is 13.1. The number of fused-ring (bicyclic) bond motifs is 2. The Balaban J connectivity index is 0.00000124.